The second-order valence-corrected chi connectivity index (χ2v) is 12.4. The van der Waals surface area contributed by atoms with Gasteiger partial charge < -0.3 is 4.74 Å². The van der Waals surface area contributed by atoms with E-state index in [2.05, 4.69) is 53.4 Å². The Kier molecular flexibility index (Phi) is 8.33. The van der Waals surface area contributed by atoms with Gasteiger partial charge >= 0.3 is 0 Å². The van der Waals surface area contributed by atoms with Crippen molar-refractivity contribution in [3.8, 4) is 5.75 Å². The van der Waals surface area contributed by atoms with E-state index in [0.717, 1.165) is 31.5 Å². The molecule has 1 heterocycles. The molecule has 1 aliphatic carbocycles. The highest BCUT2D eigenvalue weighted by atomic mass is 32.2. The summed E-state index contributed by atoms with van der Waals surface area (Å²) in [7, 11) is -3.81. The first-order valence-electron chi connectivity index (χ1n) is 13.7. The molecular weight excluding hydrogens is 515 g/mol. The zero-order valence-corrected chi connectivity index (χ0v) is 23.0. The summed E-state index contributed by atoms with van der Waals surface area (Å²) in [6.07, 6.45) is 2.98. The van der Waals surface area contributed by atoms with Crippen LogP contribution in [-0.2, 0) is 10.0 Å². The molecule has 39 heavy (non-hydrogen) atoms. The van der Waals surface area contributed by atoms with Crippen molar-refractivity contribution in [1.82, 2.24) is 9.62 Å². The van der Waals surface area contributed by atoms with E-state index in [1.807, 2.05) is 23.8 Å². The number of nitrogens with zero attached hydrogens (tertiary/aromatic N) is 1. The summed E-state index contributed by atoms with van der Waals surface area (Å²) in [6, 6.07) is 23.8. The van der Waals surface area contributed by atoms with Crippen molar-refractivity contribution < 1.29 is 23.8 Å². The minimum Gasteiger partial charge on any atom is -0.493 e. The number of halogens is 1. The fourth-order valence-electron chi connectivity index (χ4n) is 5.18. The molecule has 208 valence electrons. The lowest BCUT2D eigenvalue weighted by molar-refractivity contribution is 0.0375. The van der Waals surface area contributed by atoms with Crippen molar-refractivity contribution in [3.63, 3.8) is 0 Å². The third kappa shape index (κ3) is 6.68. The monoisotopic (exact) mass is 552 g/mol. The highest BCUT2D eigenvalue weighted by molar-refractivity contribution is 7.90. The lowest BCUT2D eigenvalue weighted by Crippen LogP contribution is -2.51. The SMILES string of the molecule is CCCCS(=O)(=O)NC(=O)c1cc(C2CC2)c(OCC2CN(C(c3ccccc3)c3ccccc3)C2)cc1F.[HH]. The van der Waals surface area contributed by atoms with E-state index in [4.69, 9.17) is 4.74 Å². The Labute approximate surface area is 231 Å². The number of rotatable bonds is 12. The lowest BCUT2D eigenvalue weighted by atomic mass is 9.90. The van der Waals surface area contributed by atoms with Gasteiger partial charge in [-0.1, -0.05) is 74.0 Å². The van der Waals surface area contributed by atoms with Gasteiger partial charge in [0.1, 0.15) is 11.6 Å². The van der Waals surface area contributed by atoms with Crippen molar-refractivity contribution in [3.05, 3.63) is 101 Å². The fraction of sp³-hybridized carbons (Fsp3) is 0.387. The maximum absolute atomic E-state index is 15.0. The van der Waals surface area contributed by atoms with E-state index in [0.29, 0.717) is 31.1 Å². The summed E-state index contributed by atoms with van der Waals surface area (Å²) < 4.78 is 47.5. The number of carbonyl (C=O) groups is 1. The molecule has 0 atom stereocenters. The van der Waals surface area contributed by atoms with Crippen LogP contribution < -0.4 is 9.46 Å². The smallest absolute Gasteiger partial charge is 0.267 e. The number of hydrogen-bond acceptors (Lipinski definition) is 5. The first-order chi connectivity index (χ1) is 18.8. The van der Waals surface area contributed by atoms with Gasteiger partial charge in [0, 0.05) is 26.5 Å². The summed E-state index contributed by atoms with van der Waals surface area (Å²) in [5.41, 5.74) is 3.00. The summed E-state index contributed by atoms with van der Waals surface area (Å²) in [4.78, 5) is 15.1. The maximum Gasteiger partial charge on any atom is 0.267 e. The Hall–Kier alpha value is -3.23. The molecule has 2 aliphatic rings. The molecule has 6 nitrogen and oxygen atoms in total. The van der Waals surface area contributed by atoms with E-state index >= 15 is 4.39 Å². The first-order valence-corrected chi connectivity index (χ1v) is 15.3. The Balaban J connectivity index is 0.00000370. The number of carbonyl (C=O) groups excluding carboxylic acids is 1. The second kappa shape index (κ2) is 11.9. The van der Waals surface area contributed by atoms with Crippen molar-refractivity contribution in [2.24, 2.45) is 5.92 Å². The third-order valence-electron chi connectivity index (χ3n) is 7.43. The minimum atomic E-state index is -3.81. The molecule has 1 aliphatic heterocycles. The maximum atomic E-state index is 15.0. The predicted molar refractivity (Wildman–Crippen MR) is 152 cm³/mol. The number of unbranched alkanes of at least 4 members (excludes halogenated alkanes) is 1. The molecule has 1 saturated carbocycles. The number of nitrogens with one attached hydrogen (secondary N) is 1. The second-order valence-electron chi connectivity index (χ2n) is 10.6. The van der Waals surface area contributed by atoms with E-state index in [9.17, 15) is 13.2 Å². The quantitative estimate of drug-likeness (QED) is 0.302. The lowest BCUT2D eigenvalue weighted by Gasteiger charge is -2.44. The van der Waals surface area contributed by atoms with Crippen LogP contribution >= 0.6 is 0 Å². The van der Waals surface area contributed by atoms with Crippen molar-refractivity contribution in [1.29, 1.82) is 0 Å². The predicted octanol–water partition coefficient (Wildman–Crippen LogP) is 5.91. The van der Waals surface area contributed by atoms with Crippen molar-refractivity contribution >= 4 is 15.9 Å². The van der Waals surface area contributed by atoms with Gasteiger partial charge in [-0.15, -0.1) is 0 Å². The summed E-state index contributed by atoms with van der Waals surface area (Å²) in [5.74, 6) is -0.937. The molecule has 0 aromatic heterocycles. The van der Waals surface area contributed by atoms with Crippen LogP contribution in [0.1, 0.15) is 73.0 Å². The van der Waals surface area contributed by atoms with E-state index in [1.54, 1.807) is 0 Å². The van der Waals surface area contributed by atoms with Gasteiger partial charge in [0.25, 0.3) is 5.91 Å². The Morgan fingerprint density at radius 3 is 2.23 bits per heavy atom. The Morgan fingerprint density at radius 1 is 1.05 bits per heavy atom. The number of ether oxygens (including phenoxy) is 1. The third-order valence-corrected chi connectivity index (χ3v) is 8.75. The Bertz CT molecular complexity index is 1360. The summed E-state index contributed by atoms with van der Waals surface area (Å²) in [6.45, 7) is 4.02. The molecule has 1 amide bonds. The zero-order chi connectivity index (χ0) is 27.4. The van der Waals surface area contributed by atoms with Gasteiger partial charge in [0.2, 0.25) is 10.0 Å². The summed E-state index contributed by atoms with van der Waals surface area (Å²) in [5, 5.41) is 0. The van der Waals surface area contributed by atoms with Crippen LogP contribution in [0, 0.1) is 11.7 Å². The number of sulfonamides is 1. The molecule has 3 aromatic rings. The van der Waals surface area contributed by atoms with Crippen LogP contribution in [0.2, 0.25) is 0 Å². The largest absolute Gasteiger partial charge is 0.493 e. The van der Waals surface area contributed by atoms with Crippen molar-refractivity contribution in [2.75, 3.05) is 25.4 Å². The highest BCUT2D eigenvalue weighted by Crippen LogP contribution is 2.45. The number of benzene rings is 3. The average molecular weight is 553 g/mol. The van der Waals surface area contributed by atoms with Gasteiger partial charge in [0.05, 0.1) is 24.0 Å². The Morgan fingerprint density at radius 2 is 1.67 bits per heavy atom. The van der Waals surface area contributed by atoms with E-state index < -0.39 is 21.7 Å². The van der Waals surface area contributed by atoms with E-state index in [1.165, 1.54) is 23.3 Å². The van der Waals surface area contributed by atoms with Gasteiger partial charge in [-0.05, 0) is 47.9 Å². The molecule has 1 N–H and O–H groups in total. The molecule has 0 unspecified atom stereocenters. The molecule has 0 radical (unpaired) electrons. The molecule has 1 saturated heterocycles. The van der Waals surface area contributed by atoms with Gasteiger partial charge in [-0.2, -0.15) is 0 Å². The number of amides is 1. The average Bonchev–Trinajstić information content (AvgIpc) is 3.75. The minimum absolute atomic E-state index is 0. The van der Waals surface area contributed by atoms with Crippen LogP contribution in [0.25, 0.3) is 0 Å². The topological polar surface area (TPSA) is 75.7 Å². The molecule has 0 bridgehead atoms. The van der Waals surface area contributed by atoms with Crippen LogP contribution in [0.15, 0.2) is 72.8 Å². The standard InChI is InChI=1S/C31H35FN2O4S.H2/c1-2-3-16-39(36,37)33-31(35)27-17-26(23-14-15-23)29(18-28(27)32)38-21-22-19-34(20-22)30(24-10-6-4-7-11-24)25-12-8-5-9-13-25;/h4-13,17-18,22-23,30H,2-3,14-16,19-21H2,1H3,(H,33,35);1H. The van der Waals surface area contributed by atoms with Gasteiger partial charge in [-0.25, -0.2) is 17.5 Å². The molecule has 0 spiro atoms. The normalized spacial score (nSPS) is 16.2. The van der Waals surface area contributed by atoms with Crippen LogP contribution in [0.3, 0.4) is 0 Å². The van der Waals surface area contributed by atoms with Gasteiger partial charge in [-0.3, -0.25) is 9.69 Å². The number of hydrogen-bond donors (Lipinski definition) is 1. The van der Waals surface area contributed by atoms with Crippen LogP contribution in [0.4, 0.5) is 4.39 Å². The highest BCUT2D eigenvalue weighted by Gasteiger charge is 2.35. The molecule has 3 aromatic carbocycles. The fourth-order valence-corrected chi connectivity index (χ4v) is 6.35. The summed E-state index contributed by atoms with van der Waals surface area (Å²) >= 11 is 0. The molecule has 8 heteroatoms. The molecule has 5 rings (SSSR count). The van der Waals surface area contributed by atoms with Gasteiger partial charge in [0.15, 0.2) is 0 Å². The number of likely N-dealkylation sites (tertiary alicyclic amines) is 1. The van der Waals surface area contributed by atoms with Crippen LogP contribution in [-0.4, -0.2) is 44.7 Å². The van der Waals surface area contributed by atoms with E-state index in [-0.39, 0.29) is 24.7 Å². The zero-order valence-electron chi connectivity index (χ0n) is 22.2. The molecule has 2 fully saturated rings. The van der Waals surface area contributed by atoms with Crippen molar-refractivity contribution in [2.45, 2.75) is 44.6 Å². The van der Waals surface area contributed by atoms with Crippen LogP contribution in [0.5, 0.6) is 5.75 Å². The first kappa shape index (κ1) is 27.3. The molecular formula is C31H37FN2O4S.